The molecule has 0 aliphatic heterocycles. The van der Waals surface area contributed by atoms with Crippen molar-refractivity contribution in [1.82, 2.24) is 15.0 Å². The van der Waals surface area contributed by atoms with Gasteiger partial charge in [-0.25, -0.2) is 9.97 Å². The number of benzene rings is 1. The van der Waals surface area contributed by atoms with Crippen LogP contribution in [0.4, 0.5) is 0 Å². The molecule has 1 unspecified atom stereocenters. The monoisotopic (exact) mass is 284 g/mol. The molecule has 0 saturated heterocycles. The molecule has 2 heterocycles. The first-order valence-corrected chi connectivity index (χ1v) is 7.29. The molecule has 20 heavy (non-hydrogen) atoms. The molecule has 0 radical (unpaired) electrons. The number of aromatic nitrogens is 3. The minimum absolute atomic E-state index is 0.00988. The molecule has 0 aliphatic rings. The first-order valence-electron chi connectivity index (χ1n) is 6.47. The summed E-state index contributed by atoms with van der Waals surface area (Å²) >= 11 is 1.52. The third-order valence-electron chi connectivity index (χ3n) is 3.10. The number of imidazole rings is 1. The fraction of sp³-hybridized carbons (Fsp3) is 0.200. The van der Waals surface area contributed by atoms with E-state index in [4.69, 9.17) is 5.73 Å². The molecule has 0 saturated carbocycles. The van der Waals surface area contributed by atoms with E-state index in [1.165, 1.54) is 17.3 Å². The molecule has 5 heteroatoms. The number of aryl methyl sites for hydroxylation is 1. The molecular formula is C15H16N4S. The average Bonchev–Trinajstić information content (AvgIpc) is 2.80. The summed E-state index contributed by atoms with van der Waals surface area (Å²) in [6.45, 7) is 4.04. The van der Waals surface area contributed by atoms with Gasteiger partial charge in [-0.15, -0.1) is 0 Å². The van der Waals surface area contributed by atoms with Gasteiger partial charge in [-0.1, -0.05) is 6.07 Å². The van der Waals surface area contributed by atoms with Crippen LogP contribution in [-0.4, -0.2) is 15.0 Å². The molecule has 0 fully saturated rings. The van der Waals surface area contributed by atoms with E-state index in [0.717, 1.165) is 26.8 Å². The molecule has 4 nitrogen and oxygen atoms in total. The van der Waals surface area contributed by atoms with E-state index >= 15 is 0 Å². The highest BCUT2D eigenvalue weighted by molar-refractivity contribution is 7.99. The standard InChI is InChI=1S/C15H16N4S/c1-9-3-4-12-13(7-9)19-15(18-12)20-14-8-11(10(2)16)5-6-17-14/h3-8,10H,16H2,1-2H3,(H,18,19). The summed E-state index contributed by atoms with van der Waals surface area (Å²) in [7, 11) is 0. The molecule has 3 aromatic rings. The lowest BCUT2D eigenvalue weighted by Gasteiger charge is -2.05. The predicted molar refractivity (Wildman–Crippen MR) is 81.8 cm³/mol. The maximum Gasteiger partial charge on any atom is 0.172 e. The van der Waals surface area contributed by atoms with Crippen LogP contribution >= 0.6 is 11.8 Å². The van der Waals surface area contributed by atoms with Gasteiger partial charge in [0.05, 0.1) is 11.0 Å². The summed E-state index contributed by atoms with van der Waals surface area (Å²) in [5.74, 6) is 0. The molecule has 0 bridgehead atoms. The Labute approximate surface area is 121 Å². The number of fused-ring (bicyclic) bond motifs is 1. The van der Waals surface area contributed by atoms with Gasteiger partial charge < -0.3 is 10.7 Å². The highest BCUT2D eigenvalue weighted by Crippen LogP contribution is 2.27. The second-order valence-electron chi connectivity index (χ2n) is 4.88. The van der Waals surface area contributed by atoms with E-state index in [1.54, 1.807) is 6.20 Å². The summed E-state index contributed by atoms with van der Waals surface area (Å²) < 4.78 is 0. The Morgan fingerprint density at radius 2 is 2.10 bits per heavy atom. The van der Waals surface area contributed by atoms with E-state index in [9.17, 15) is 0 Å². The second kappa shape index (κ2) is 5.26. The van der Waals surface area contributed by atoms with E-state index in [-0.39, 0.29) is 6.04 Å². The highest BCUT2D eigenvalue weighted by Gasteiger charge is 2.07. The number of hydrogen-bond donors (Lipinski definition) is 2. The summed E-state index contributed by atoms with van der Waals surface area (Å²) in [6, 6.07) is 10.1. The topological polar surface area (TPSA) is 67.6 Å². The van der Waals surface area contributed by atoms with Gasteiger partial charge in [0.25, 0.3) is 0 Å². The Morgan fingerprint density at radius 3 is 2.90 bits per heavy atom. The van der Waals surface area contributed by atoms with Gasteiger partial charge in [0.2, 0.25) is 0 Å². The SMILES string of the molecule is Cc1ccc2nc(Sc3cc(C(C)N)ccn3)[nH]c2c1. The Hall–Kier alpha value is -1.85. The normalized spacial score (nSPS) is 12.8. The van der Waals surface area contributed by atoms with E-state index < -0.39 is 0 Å². The highest BCUT2D eigenvalue weighted by atomic mass is 32.2. The third kappa shape index (κ3) is 2.69. The van der Waals surface area contributed by atoms with Gasteiger partial charge in [0, 0.05) is 12.2 Å². The summed E-state index contributed by atoms with van der Waals surface area (Å²) in [4.78, 5) is 12.2. The first kappa shape index (κ1) is 13.1. The van der Waals surface area contributed by atoms with Gasteiger partial charge in [-0.3, -0.25) is 0 Å². The van der Waals surface area contributed by atoms with Crippen molar-refractivity contribution in [2.45, 2.75) is 30.1 Å². The molecule has 102 valence electrons. The molecule has 3 N–H and O–H groups in total. The first-order chi connectivity index (χ1) is 9.61. The van der Waals surface area contributed by atoms with Gasteiger partial charge in [0.15, 0.2) is 5.16 Å². The molecule has 3 rings (SSSR count). The zero-order valence-corrected chi connectivity index (χ0v) is 12.2. The summed E-state index contributed by atoms with van der Waals surface area (Å²) in [6.07, 6.45) is 1.79. The smallest absolute Gasteiger partial charge is 0.172 e. The molecule has 2 aromatic heterocycles. The number of nitrogens with zero attached hydrogens (tertiary/aromatic N) is 2. The largest absolute Gasteiger partial charge is 0.333 e. The fourth-order valence-corrected chi connectivity index (χ4v) is 2.82. The Morgan fingerprint density at radius 1 is 1.25 bits per heavy atom. The molecular weight excluding hydrogens is 268 g/mol. The van der Waals surface area contributed by atoms with Crippen LogP contribution in [0, 0.1) is 6.92 Å². The van der Waals surface area contributed by atoms with Crippen LogP contribution in [0.2, 0.25) is 0 Å². The lowest BCUT2D eigenvalue weighted by molar-refractivity contribution is 0.808. The molecule has 0 spiro atoms. The van der Waals surface area contributed by atoms with Gasteiger partial charge in [0.1, 0.15) is 5.03 Å². The number of nitrogens with one attached hydrogen (secondary N) is 1. The van der Waals surface area contributed by atoms with Gasteiger partial charge in [-0.05, 0) is 61.0 Å². The third-order valence-corrected chi connectivity index (χ3v) is 3.92. The minimum Gasteiger partial charge on any atom is -0.333 e. The molecule has 0 amide bonds. The summed E-state index contributed by atoms with van der Waals surface area (Å²) in [5, 5.41) is 1.75. The average molecular weight is 284 g/mol. The van der Waals surface area contributed by atoms with E-state index in [1.807, 2.05) is 25.1 Å². The maximum atomic E-state index is 5.89. The van der Waals surface area contributed by atoms with Gasteiger partial charge in [-0.2, -0.15) is 0 Å². The number of hydrogen-bond acceptors (Lipinski definition) is 4. The number of rotatable bonds is 3. The van der Waals surface area contributed by atoms with Gasteiger partial charge >= 0.3 is 0 Å². The number of pyridine rings is 1. The van der Waals surface area contributed by atoms with Crippen molar-refractivity contribution in [2.75, 3.05) is 0 Å². The van der Waals surface area contributed by atoms with Crippen molar-refractivity contribution in [2.24, 2.45) is 5.73 Å². The van der Waals surface area contributed by atoms with Crippen LogP contribution < -0.4 is 5.73 Å². The van der Waals surface area contributed by atoms with Crippen LogP contribution in [0.5, 0.6) is 0 Å². The van der Waals surface area contributed by atoms with Crippen molar-refractivity contribution < 1.29 is 0 Å². The zero-order chi connectivity index (χ0) is 14.1. The second-order valence-corrected chi connectivity index (χ2v) is 5.89. The Bertz CT molecular complexity index is 748. The quantitative estimate of drug-likeness (QED) is 0.773. The lowest BCUT2D eigenvalue weighted by Crippen LogP contribution is -2.04. The van der Waals surface area contributed by atoms with Crippen molar-refractivity contribution in [3.63, 3.8) is 0 Å². The number of nitrogens with two attached hydrogens (primary N) is 1. The molecule has 0 aliphatic carbocycles. The van der Waals surface area contributed by atoms with Crippen LogP contribution in [-0.2, 0) is 0 Å². The lowest BCUT2D eigenvalue weighted by atomic mass is 10.1. The van der Waals surface area contributed by atoms with Crippen LogP contribution in [0.15, 0.2) is 46.7 Å². The van der Waals surface area contributed by atoms with E-state index in [0.29, 0.717) is 0 Å². The predicted octanol–water partition coefficient (Wildman–Crippen LogP) is 3.44. The van der Waals surface area contributed by atoms with Crippen molar-refractivity contribution in [3.05, 3.63) is 47.7 Å². The number of aromatic amines is 1. The van der Waals surface area contributed by atoms with Crippen LogP contribution in [0.1, 0.15) is 24.1 Å². The van der Waals surface area contributed by atoms with Crippen molar-refractivity contribution >= 4 is 22.8 Å². The molecule has 1 atom stereocenters. The van der Waals surface area contributed by atoms with Crippen molar-refractivity contribution in [3.8, 4) is 0 Å². The van der Waals surface area contributed by atoms with E-state index in [2.05, 4.69) is 34.0 Å². The zero-order valence-electron chi connectivity index (χ0n) is 11.4. The Balaban J connectivity index is 1.90. The minimum atomic E-state index is 0.00988. The van der Waals surface area contributed by atoms with Crippen molar-refractivity contribution in [1.29, 1.82) is 0 Å². The summed E-state index contributed by atoms with van der Waals surface area (Å²) in [5.41, 5.74) is 10.2. The maximum absolute atomic E-state index is 5.89. The Kier molecular flexibility index (Phi) is 3.46. The van der Waals surface area contributed by atoms with Crippen LogP contribution in [0.3, 0.4) is 0 Å². The fourth-order valence-electron chi connectivity index (χ4n) is 2.01. The molecule has 1 aromatic carbocycles. The van der Waals surface area contributed by atoms with Crippen LogP contribution in [0.25, 0.3) is 11.0 Å². The number of H-pyrrole nitrogens is 1.